The molecule has 0 saturated heterocycles. The summed E-state index contributed by atoms with van der Waals surface area (Å²) >= 11 is 0. The quantitative estimate of drug-likeness (QED) is 0.392. The lowest BCUT2D eigenvalue weighted by atomic mass is 9.98. The number of anilines is 1. The largest absolute Gasteiger partial charge is 0.479 e. The lowest BCUT2D eigenvalue weighted by molar-refractivity contribution is -0.146. The van der Waals surface area contributed by atoms with Crippen molar-refractivity contribution in [3.05, 3.63) is 89.0 Å². The number of rotatable bonds is 8. The molecule has 3 aromatic rings. The topological polar surface area (TPSA) is 125 Å². The van der Waals surface area contributed by atoms with Gasteiger partial charge in [-0.05, 0) is 46.9 Å². The number of carbonyl (C=O) groups excluding carboxylic acids is 2. The number of ether oxygens (including phenoxy) is 1. The Bertz CT molecular complexity index is 1230. The second-order valence-corrected chi connectivity index (χ2v) is 8.33. The van der Waals surface area contributed by atoms with Crippen LogP contribution in [0.15, 0.2) is 66.7 Å². The molecule has 1 aliphatic rings. The van der Waals surface area contributed by atoms with Gasteiger partial charge in [0.15, 0.2) is 6.10 Å². The Kier molecular flexibility index (Phi) is 7.12. The molecular formula is C27H26N2O6. The Morgan fingerprint density at radius 3 is 2.20 bits per heavy atom. The van der Waals surface area contributed by atoms with Crippen molar-refractivity contribution in [2.45, 2.75) is 25.4 Å². The van der Waals surface area contributed by atoms with Gasteiger partial charge in [0.2, 0.25) is 0 Å². The second-order valence-electron chi connectivity index (χ2n) is 8.33. The summed E-state index contributed by atoms with van der Waals surface area (Å²) in [5.74, 6) is -1.84. The van der Waals surface area contributed by atoms with Gasteiger partial charge in [0.05, 0.1) is 0 Å². The zero-order valence-corrected chi connectivity index (χ0v) is 19.2. The Hall–Kier alpha value is -4.17. The Morgan fingerprint density at radius 2 is 1.57 bits per heavy atom. The molecule has 0 radical (unpaired) electrons. The van der Waals surface area contributed by atoms with Crippen LogP contribution in [-0.4, -0.2) is 47.4 Å². The van der Waals surface area contributed by atoms with Crippen LogP contribution in [0.4, 0.5) is 10.5 Å². The number of aliphatic hydroxyl groups excluding tert-OH is 1. The SMILES string of the molecule is Cc1c(NC(=O)OCC2c3ccccc3-c3ccccc32)cccc1C(=O)NCCC(O)C(=O)O. The molecule has 4 N–H and O–H groups in total. The zero-order valence-electron chi connectivity index (χ0n) is 19.2. The number of amides is 2. The molecule has 3 aromatic carbocycles. The molecule has 1 atom stereocenters. The highest BCUT2D eigenvalue weighted by Gasteiger charge is 2.29. The third-order valence-electron chi connectivity index (χ3n) is 6.15. The van der Waals surface area contributed by atoms with E-state index in [4.69, 9.17) is 9.84 Å². The molecule has 0 aliphatic heterocycles. The Labute approximate surface area is 202 Å². The number of carboxylic acid groups (broad SMARTS) is 1. The highest BCUT2D eigenvalue weighted by atomic mass is 16.5. The third-order valence-corrected chi connectivity index (χ3v) is 6.15. The van der Waals surface area contributed by atoms with Crippen molar-refractivity contribution in [2.24, 2.45) is 0 Å². The van der Waals surface area contributed by atoms with Crippen molar-refractivity contribution < 1.29 is 29.3 Å². The van der Waals surface area contributed by atoms with Crippen LogP contribution in [0.1, 0.15) is 39.4 Å². The number of carboxylic acids is 1. The van der Waals surface area contributed by atoms with Gasteiger partial charge in [-0.25, -0.2) is 9.59 Å². The van der Waals surface area contributed by atoms with Gasteiger partial charge in [-0.3, -0.25) is 10.1 Å². The molecule has 1 unspecified atom stereocenters. The van der Waals surface area contributed by atoms with Gasteiger partial charge in [-0.2, -0.15) is 0 Å². The maximum atomic E-state index is 12.6. The fourth-order valence-electron chi connectivity index (χ4n) is 4.30. The maximum absolute atomic E-state index is 12.6. The first-order valence-electron chi connectivity index (χ1n) is 11.3. The summed E-state index contributed by atoms with van der Waals surface area (Å²) in [5, 5.41) is 23.3. The molecule has 0 heterocycles. The van der Waals surface area contributed by atoms with E-state index in [-0.39, 0.29) is 25.5 Å². The number of fused-ring (bicyclic) bond motifs is 3. The molecule has 0 spiro atoms. The van der Waals surface area contributed by atoms with Gasteiger partial charge in [-0.15, -0.1) is 0 Å². The molecule has 0 bridgehead atoms. The van der Waals surface area contributed by atoms with E-state index in [1.54, 1.807) is 25.1 Å². The smallest absolute Gasteiger partial charge is 0.411 e. The van der Waals surface area contributed by atoms with E-state index < -0.39 is 24.1 Å². The highest BCUT2D eigenvalue weighted by Crippen LogP contribution is 2.44. The molecule has 8 heteroatoms. The van der Waals surface area contributed by atoms with Crippen LogP contribution < -0.4 is 10.6 Å². The van der Waals surface area contributed by atoms with Gasteiger partial charge < -0.3 is 20.3 Å². The molecule has 0 fully saturated rings. The molecule has 0 saturated carbocycles. The minimum absolute atomic E-state index is 0.00419. The third kappa shape index (κ3) is 5.17. The molecule has 4 rings (SSSR count). The number of carbonyl (C=O) groups is 3. The minimum atomic E-state index is -1.54. The van der Waals surface area contributed by atoms with Crippen molar-refractivity contribution >= 4 is 23.7 Å². The van der Waals surface area contributed by atoms with Crippen LogP contribution in [0.25, 0.3) is 11.1 Å². The fourth-order valence-corrected chi connectivity index (χ4v) is 4.30. The van der Waals surface area contributed by atoms with E-state index >= 15 is 0 Å². The first-order chi connectivity index (χ1) is 16.9. The van der Waals surface area contributed by atoms with Gasteiger partial charge in [0, 0.05) is 30.1 Å². The van der Waals surface area contributed by atoms with Crippen LogP contribution in [0.5, 0.6) is 0 Å². The van der Waals surface area contributed by atoms with E-state index in [0.29, 0.717) is 16.8 Å². The minimum Gasteiger partial charge on any atom is -0.479 e. The monoisotopic (exact) mass is 474 g/mol. The first-order valence-corrected chi connectivity index (χ1v) is 11.3. The molecule has 2 amide bonds. The summed E-state index contributed by atoms with van der Waals surface area (Å²) < 4.78 is 5.58. The van der Waals surface area contributed by atoms with Gasteiger partial charge in [-0.1, -0.05) is 54.6 Å². The molecule has 1 aliphatic carbocycles. The second kappa shape index (κ2) is 10.4. The highest BCUT2D eigenvalue weighted by molar-refractivity contribution is 5.98. The number of benzene rings is 3. The normalized spacial score (nSPS) is 12.9. The first kappa shape index (κ1) is 24.0. The number of aliphatic carboxylic acids is 1. The van der Waals surface area contributed by atoms with Gasteiger partial charge in [0.1, 0.15) is 6.61 Å². The van der Waals surface area contributed by atoms with Crippen molar-refractivity contribution in [2.75, 3.05) is 18.5 Å². The average Bonchev–Trinajstić information content (AvgIpc) is 3.17. The Balaban J connectivity index is 1.39. The van der Waals surface area contributed by atoms with Crippen molar-refractivity contribution in [1.29, 1.82) is 0 Å². The molecule has 0 aromatic heterocycles. The van der Waals surface area contributed by atoms with Crippen LogP contribution in [0.2, 0.25) is 0 Å². The zero-order chi connectivity index (χ0) is 24.9. The summed E-state index contributed by atoms with van der Waals surface area (Å²) in [5.41, 5.74) is 5.81. The summed E-state index contributed by atoms with van der Waals surface area (Å²) in [4.78, 5) is 35.8. The fraction of sp³-hybridized carbons (Fsp3) is 0.222. The lowest BCUT2D eigenvalue weighted by Gasteiger charge is -2.16. The summed E-state index contributed by atoms with van der Waals surface area (Å²) in [7, 11) is 0. The van der Waals surface area contributed by atoms with Gasteiger partial charge >= 0.3 is 12.1 Å². The van der Waals surface area contributed by atoms with E-state index in [0.717, 1.165) is 22.3 Å². The van der Waals surface area contributed by atoms with E-state index in [1.165, 1.54) is 0 Å². The average molecular weight is 475 g/mol. The van der Waals surface area contributed by atoms with Gasteiger partial charge in [0.25, 0.3) is 5.91 Å². The van der Waals surface area contributed by atoms with Crippen LogP contribution in [-0.2, 0) is 9.53 Å². The van der Waals surface area contributed by atoms with E-state index in [9.17, 15) is 19.5 Å². The van der Waals surface area contributed by atoms with Crippen LogP contribution in [0, 0.1) is 6.92 Å². The standard InChI is InChI=1S/C27H26N2O6/c1-16-17(25(31)28-14-13-24(30)26(32)33)11-6-12-23(16)29-27(34)35-15-22-20-9-4-2-7-18(20)19-8-3-5-10-21(19)22/h2-12,22,24,30H,13-15H2,1H3,(H,28,31)(H,29,34)(H,32,33). The molecule has 35 heavy (non-hydrogen) atoms. The Morgan fingerprint density at radius 1 is 0.943 bits per heavy atom. The molecule has 180 valence electrons. The summed E-state index contributed by atoms with van der Waals surface area (Å²) in [6, 6.07) is 21.0. The number of aliphatic hydroxyl groups is 1. The van der Waals surface area contributed by atoms with Crippen molar-refractivity contribution in [1.82, 2.24) is 5.32 Å². The maximum Gasteiger partial charge on any atom is 0.411 e. The predicted octanol–water partition coefficient (Wildman–Crippen LogP) is 3.92. The number of nitrogens with one attached hydrogen (secondary N) is 2. The lowest BCUT2D eigenvalue weighted by Crippen LogP contribution is -2.30. The van der Waals surface area contributed by atoms with E-state index in [2.05, 4.69) is 22.8 Å². The summed E-state index contributed by atoms with van der Waals surface area (Å²) in [6.07, 6.45) is -2.28. The van der Waals surface area contributed by atoms with Crippen molar-refractivity contribution in [3.8, 4) is 11.1 Å². The number of hydrogen-bond acceptors (Lipinski definition) is 5. The van der Waals surface area contributed by atoms with Crippen molar-refractivity contribution in [3.63, 3.8) is 0 Å². The van der Waals surface area contributed by atoms with E-state index in [1.807, 2.05) is 36.4 Å². The summed E-state index contributed by atoms with van der Waals surface area (Å²) in [6.45, 7) is 1.86. The number of hydrogen-bond donors (Lipinski definition) is 4. The molecule has 8 nitrogen and oxygen atoms in total. The van der Waals surface area contributed by atoms with Crippen LogP contribution >= 0.6 is 0 Å². The molecular weight excluding hydrogens is 448 g/mol. The predicted molar refractivity (Wildman–Crippen MR) is 130 cm³/mol. The van der Waals surface area contributed by atoms with Crippen LogP contribution in [0.3, 0.4) is 0 Å².